The molecule has 1 aromatic carbocycles. The first-order chi connectivity index (χ1) is 11.2. The van der Waals surface area contributed by atoms with E-state index in [1.165, 1.54) is 11.8 Å². The number of hydrogen-bond donors (Lipinski definition) is 1. The molecule has 0 saturated carbocycles. The molecule has 1 aliphatic heterocycles. The number of aliphatic imine (C=N–C) groups is 1. The Kier molecular flexibility index (Phi) is 3.28. The predicted octanol–water partition coefficient (Wildman–Crippen LogP) is 2.71. The monoisotopic (exact) mass is 341 g/mol. The molecule has 8 heteroatoms. The van der Waals surface area contributed by atoms with Crippen LogP contribution in [0.2, 0.25) is 0 Å². The van der Waals surface area contributed by atoms with E-state index in [0.29, 0.717) is 16.3 Å². The molecule has 0 saturated heterocycles. The lowest BCUT2D eigenvalue weighted by molar-refractivity contribution is 0.953. The highest BCUT2D eigenvalue weighted by atomic mass is 32.2. The molecule has 3 aromatic rings. The highest BCUT2D eigenvalue weighted by molar-refractivity contribution is 7.98. The van der Waals surface area contributed by atoms with Gasteiger partial charge in [-0.1, -0.05) is 30.0 Å². The molecule has 6 nitrogen and oxygen atoms in total. The third kappa shape index (κ3) is 2.18. The second kappa shape index (κ2) is 5.32. The number of nitrogens with zero attached hydrogens (tertiary/aromatic N) is 4. The molecule has 0 radical (unpaired) electrons. The van der Waals surface area contributed by atoms with Crippen molar-refractivity contribution in [3.8, 4) is 0 Å². The second-order valence-corrected chi connectivity index (χ2v) is 6.38. The summed E-state index contributed by atoms with van der Waals surface area (Å²) in [4.78, 5) is 21.3. The molecule has 2 N–H and O–H groups in total. The van der Waals surface area contributed by atoms with Gasteiger partial charge in [0, 0.05) is 28.9 Å². The first-order valence-electron chi connectivity index (χ1n) is 6.76. The highest BCUT2D eigenvalue weighted by Gasteiger charge is 2.17. The number of thioether (sulfide) groups is 1. The van der Waals surface area contributed by atoms with Crippen molar-refractivity contribution in [2.75, 3.05) is 12.0 Å². The number of fused-ring (bicyclic) bond motifs is 2. The summed E-state index contributed by atoms with van der Waals surface area (Å²) in [6.07, 6.45) is 5.39. The zero-order valence-corrected chi connectivity index (χ0v) is 13.7. The average molecular weight is 341 g/mol. The van der Waals surface area contributed by atoms with Crippen LogP contribution in [0.15, 0.2) is 39.2 Å². The van der Waals surface area contributed by atoms with Crippen molar-refractivity contribution in [1.29, 1.82) is 0 Å². The minimum Gasteiger partial charge on any atom is -0.384 e. The van der Waals surface area contributed by atoms with Gasteiger partial charge in [-0.3, -0.25) is 9.79 Å². The molecule has 4 rings (SSSR count). The summed E-state index contributed by atoms with van der Waals surface area (Å²) in [5.41, 5.74) is 8.93. The van der Waals surface area contributed by atoms with E-state index in [-0.39, 0.29) is 5.56 Å². The minimum atomic E-state index is -0.357. The number of benzene rings is 1. The lowest BCUT2D eigenvalue weighted by Crippen LogP contribution is -2.16. The molecule has 0 amide bonds. The van der Waals surface area contributed by atoms with E-state index in [1.54, 1.807) is 16.7 Å². The van der Waals surface area contributed by atoms with Gasteiger partial charge in [-0.15, -0.1) is 0 Å². The molecule has 0 fully saturated rings. The van der Waals surface area contributed by atoms with Crippen LogP contribution in [0.25, 0.3) is 16.6 Å². The van der Waals surface area contributed by atoms with Crippen molar-refractivity contribution in [2.45, 2.75) is 5.16 Å². The highest BCUT2D eigenvalue weighted by Crippen LogP contribution is 2.32. The number of anilines is 1. The molecular formula is C15H11N5OS2. The average Bonchev–Trinajstić information content (AvgIpc) is 3.15. The maximum atomic E-state index is 12.3. The number of hydrogen-bond acceptors (Lipinski definition) is 7. The Morgan fingerprint density at radius 2 is 2.17 bits per heavy atom. The second-order valence-electron chi connectivity index (χ2n) is 4.88. The van der Waals surface area contributed by atoms with E-state index >= 15 is 0 Å². The van der Waals surface area contributed by atoms with E-state index < -0.39 is 0 Å². The topological polar surface area (TPSA) is 85.6 Å². The van der Waals surface area contributed by atoms with Crippen LogP contribution in [-0.4, -0.2) is 26.2 Å². The predicted molar refractivity (Wildman–Crippen MR) is 95.8 cm³/mol. The number of allylic oxidation sites excluding steroid dienone is 1. The smallest absolute Gasteiger partial charge is 0.283 e. The third-order valence-electron chi connectivity index (χ3n) is 3.57. The van der Waals surface area contributed by atoms with Crippen LogP contribution in [0.3, 0.4) is 0 Å². The van der Waals surface area contributed by atoms with Crippen molar-refractivity contribution < 1.29 is 0 Å². The fourth-order valence-electron chi connectivity index (χ4n) is 2.47. The van der Waals surface area contributed by atoms with E-state index in [0.717, 1.165) is 33.5 Å². The Balaban J connectivity index is 1.95. The van der Waals surface area contributed by atoms with Crippen LogP contribution < -0.4 is 11.3 Å². The number of aromatic nitrogens is 3. The van der Waals surface area contributed by atoms with Crippen LogP contribution in [0.4, 0.5) is 11.5 Å². The van der Waals surface area contributed by atoms with Crippen molar-refractivity contribution in [1.82, 2.24) is 13.8 Å². The molecular weight excluding hydrogens is 330 g/mol. The lowest BCUT2D eigenvalue weighted by atomic mass is 10.1. The summed E-state index contributed by atoms with van der Waals surface area (Å²) in [5, 5.41) is 0.718. The third-order valence-corrected chi connectivity index (χ3v) is 5.03. The first-order valence-corrected chi connectivity index (χ1v) is 8.76. The summed E-state index contributed by atoms with van der Waals surface area (Å²) in [6, 6.07) is 7.76. The normalized spacial score (nSPS) is 14.7. The number of rotatable bonds is 2. The van der Waals surface area contributed by atoms with Crippen molar-refractivity contribution in [3.05, 3.63) is 45.7 Å². The fraction of sp³-hybridized carbons (Fsp3) is 0.0667. The maximum Gasteiger partial charge on any atom is 0.283 e. The van der Waals surface area contributed by atoms with Gasteiger partial charge in [0.25, 0.3) is 5.56 Å². The SMILES string of the molecule is CSc1nsc2nc(=O)c(C=C3C=Nc4ccccc43)c(N)n12. The summed E-state index contributed by atoms with van der Waals surface area (Å²) < 4.78 is 5.97. The molecule has 114 valence electrons. The van der Waals surface area contributed by atoms with Gasteiger partial charge in [-0.25, -0.2) is 4.40 Å². The Hall–Kier alpha value is -2.45. The Morgan fingerprint density at radius 3 is 3.00 bits per heavy atom. The summed E-state index contributed by atoms with van der Waals surface area (Å²) in [5.74, 6) is 0.350. The summed E-state index contributed by atoms with van der Waals surface area (Å²) in [6.45, 7) is 0. The van der Waals surface area contributed by atoms with E-state index in [1.807, 2.05) is 30.5 Å². The fourth-order valence-corrected chi connectivity index (χ4v) is 3.94. The Labute approximate surface area is 139 Å². The molecule has 23 heavy (non-hydrogen) atoms. The number of nitrogen functional groups attached to an aromatic ring is 1. The summed E-state index contributed by atoms with van der Waals surface area (Å²) >= 11 is 2.62. The number of para-hydroxylation sites is 1. The van der Waals surface area contributed by atoms with E-state index in [9.17, 15) is 4.79 Å². The van der Waals surface area contributed by atoms with Crippen LogP contribution >= 0.6 is 23.3 Å². The van der Waals surface area contributed by atoms with Crippen LogP contribution in [0, 0.1) is 0 Å². The standard InChI is InChI=1S/C15H11N5OS2/c1-22-15-19-23-14-18-13(21)10(12(16)20(14)15)6-8-7-17-11-5-3-2-4-9(8)11/h2-7H,16H2,1H3. The molecule has 0 spiro atoms. The molecule has 3 heterocycles. The van der Waals surface area contributed by atoms with E-state index in [4.69, 9.17) is 5.73 Å². The first kappa shape index (κ1) is 14.2. The van der Waals surface area contributed by atoms with Gasteiger partial charge in [0.2, 0.25) is 4.96 Å². The maximum absolute atomic E-state index is 12.3. The van der Waals surface area contributed by atoms with Crippen LogP contribution in [-0.2, 0) is 0 Å². The molecule has 0 bridgehead atoms. The molecule has 0 atom stereocenters. The summed E-state index contributed by atoms with van der Waals surface area (Å²) in [7, 11) is 0. The Bertz CT molecular complexity index is 1050. The van der Waals surface area contributed by atoms with Gasteiger partial charge >= 0.3 is 0 Å². The lowest BCUT2D eigenvalue weighted by Gasteiger charge is -2.05. The van der Waals surface area contributed by atoms with Gasteiger partial charge in [0.05, 0.1) is 11.3 Å². The van der Waals surface area contributed by atoms with Crippen molar-refractivity contribution >= 4 is 57.6 Å². The number of nitrogens with two attached hydrogens (primary N) is 1. The van der Waals surface area contributed by atoms with Crippen LogP contribution in [0.1, 0.15) is 11.1 Å². The Morgan fingerprint density at radius 1 is 1.35 bits per heavy atom. The van der Waals surface area contributed by atoms with Crippen molar-refractivity contribution in [2.24, 2.45) is 4.99 Å². The molecule has 2 aromatic heterocycles. The van der Waals surface area contributed by atoms with E-state index in [2.05, 4.69) is 14.3 Å². The molecule has 1 aliphatic rings. The van der Waals surface area contributed by atoms with Gasteiger partial charge in [0.1, 0.15) is 5.82 Å². The zero-order chi connectivity index (χ0) is 16.0. The zero-order valence-electron chi connectivity index (χ0n) is 12.1. The molecule has 0 unspecified atom stereocenters. The van der Waals surface area contributed by atoms with Gasteiger partial charge in [-0.05, 0) is 18.4 Å². The quantitative estimate of drug-likeness (QED) is 0.724. The van der Waals surface area contributed by atoms with Gasteiger partial charge in [-0.2, -0.15) is 9.36 Å². The molecule has 0 aliphatic carbocycles. The van der Waals surface area contributed by atoms with Crippen molar-refractivity contribution in [3.63, 3.8) is 0 Å². The van der Waals surface area contributed by atoms with Gasteiger partial charge in [0.15, 0.2) is 5.16 Å². The van der Waals surface area contributed by atoms with Gasteiger partial charge < -0.3 is 5.73 Å². The van der Waals surface area contributed by atoms with Crippen LogP contribution in [0.5, 0.6) is 0 Å². The minimum absolute atomic E-state index is 0.350. The largest absolute Gasteiger partial charge is 0.384 e.